The van der Waals surface area contributed by atoms with Crippen LogP contribution in [0.5, 0.6) is 0 Å². The van der Waals surface area contributed by atoms with E-state index in [0.29, 0.717) is 11.9 Å². The molecule has 0 aromatic heterocycles. The van der Waals surface area contributed by atoms with Crippen LogP contribution in [-0.4, -0.2) is 40.2 Å². The van der Waals surface area contributed by atoms with Crippen molar-refractivity contribution < 1.29 is 4.79 Å². The molecule has 1 aliphatic heterocycles. The standard InChI is InChI=1S/C25H25BrN2O/c26-16-24(29)28(17-20-10-4-1-5-11-20)23-18-27(19-23)25(21-12-6-2-7-13-21)22-14-8-3-9-15-22/h1-15,23,25H,16-19H2. The molecule has 0 unspecified atom stereocenters. The Morgan fingerprint density at radius 3 is 1.83 bits per heavy atom. The summed E-state index contributed by atoms with van der Waals surface area (Å²) in [4.78, 5) is 17.1. The van der Waals surface area contributed by atoms with E-state index >= 15 is 0 Å². The third-order valence-electron chi connectivity index (χ3n) is 5.56. The number of alkyl halides is 1. The Morgan fingerprint density at radius 1 is 0.862 bits per heavy atom. The Morgan fingerprint density at radius 2 is 1.34 bits per heavy atom. The fourth-order valence-electron chi connectivity index (χ4n) is 4.06. The molecule has 0 spiro atoms. The number of rotatable bonds is 7. The predicted molar refractivity (Wildman–Crippen MR) is 121 cm³/mol. The Kier molecular flexibility index (Phi) is 6.43. The van der Waals surface area contributed by atoms with Crippen LogP contribution in [0, 0.1) is 0 Å². The quantitative estimate of drug-likeness (QED) is 0.480. The topological polar surface area (TPSA) is 23.6 Å². The van der Waals surface area contributed by atoms with Crippen molar-refractivity contribution in [3.63, 3.8) is 0 Å². The summed E-state index contributed by atoms with van der Waals surface area (Å²) < 4.78 is 0. The second kappa shape index (κ2) is 9.38. The summed E-state index contributed by atoms with van der Waals surface area (Å²) in [5.41, 5.74) is 3.75. The number of hydrogen-bond donors (Lipinski definition) is 0. The van der Waals surface area contributed by atoms with E-state index in [1.807, 2.05) is 23.1 Å². The lowest BCUT2D eigenvalue weighted by atomic mass is 9.92. The Bertz CT molecular complexity index is 872. The van der Waals surface area contributed by atoms with Crippen LogP contribution >= 0.6 is 15.9 Å². The molecule has 3 aromatic rings. The van der Waals surface area contributed by atoms with E-state index in [2.05, 4.69) is 93.6 Å². The minimum atomic E-state index is 0.148. The molecule has 4 heteroatoms. The first-order valence-corrected chi connectivity index (χ1v) is 11.1. The zero-order valence-electron chi connectivity index (χ0n) is 16.3. The molecule has 4 rings (SSSR count). The first-order valence-electron chi connectivity index (χ1n) is 9.99. The summed E-state index contributed by atoms with van der Waals surface area (Å²) in [5.74, 6) is 0.148. The highest BCUT2D eigenvalue weighted by molar-refractivity contribution is 9.09. The highest BCUT2D eigenvalue weighted by Gasteiger charge is 2.38. The van der Waals surface area contributed by atoms with Crippen molar-refractivity contribution in [1.29, 1.82) is 0 Å². The molecule has 0 atom stereocenters. The third kappa shape index (κ3) is 4.60. The van der Waals surface area contributed by atoms with E-state index in [0.717, 1.165) is 13.1 Å². The van der Waals surface area contributed by atoms with E-state index in [1.54, 1.807) is 0 Å². The Labute approximate surface area is 181 Å². The van der Waals surface area contributed by atoms with Gasteiger partial charge < -0.3 is 4.90 Å². The molecule has 0 N–H and O–H groups in total. The van der Waals surface area contributed by atoms with Crippen molar-refractivity contribution >= 4 is 21.8 Å². The number of carbonyl (C=O) groups excluding carboxylic acids is 1. The van der Waals surface area contributed by atoms with Gasteiger partial charge in [0.1, 0.15) is 0 Å². The fourth-order valence-corrected chi connectivity index (χ4v) is 4.38. The van der Waals surface area contributed by atoms with Crippen molar-refractivity contribution in [3.8, 4) is 0 Å². The average molecular weight is 449 g/mol. The van der Waals surface area contributed by atoms with Crippen LogP contribution in [0.25, 0.3) is 0 Å². The highest BCUT2D eigenvalue weighted by Crippen LogP contribution is 2.34. The lowest BCUT2D eigenvalue weighted by Gasteiger charge is -2.49. The van der Waals surface area contributed by atoms with Gasteiger partial charge in [-0.3, -0.25) is 9.69 Å². The summed E-state index contributed by atoms with van der Waals surface area (Å²) in [7, 11) is 0. The zero-order valence-corrected chi connectivity index (χ0v) is 17.9. The van der Waals surface area contributed by atoms with Gasteiger partial charge in [0.2, 0.25) is 5.91 Å². The Balaban J connectivity index is 1.52. The molecule has 3 aromatic carbocycles. The molecule has 148 valence electrons. The number of carbonyl (C=O) groups is 1. The number of benzene rings is 3. The smallest absolute Gasteiger partial charge is 0.233 e. The number of amides is 1. The van der Waals surface area contributed by atoms with E-state index < -0.39 is 0 Å². The number of nitrogens with zero attached hydrogens (tertiary/aromatic N) is 2. The summed E-state index contributed by atoms with van der Waals surface area (Å²) in [5, 5.41) is 0.358. The van der Waals surface area contributed by atoms with E-state index in [-0.39, 0.29) is 18.0 Å². The molecule has 1 heterocycles. The highest BCUT2D eigenvalue weighted by atomic mass is 79.9. The molecule has 0 radical (unpaired) electrons. The van der Waals surface area contributed by atoms with Crippen molar-refractivity contribution in [3.05, 3.63) is 108 Å². The van der Waals surface area contributed by atoms with Gasteiger partial charge in [-0.05, 0) is 16.7 Å². The summed E-state index contributed by atoms with van der Waals surface area (Å²) >= 11 is 3.36. The lowest BCUT2D eigenvalue weighted by molar-refractivity contribution is -0.135. The molecule has 1 amide bonds. The predicted octanol–water partition coefficient (Wildman–Crippen LogP) is 4.88. The minimum Gasteiger partial charge on any atom is -0.332 e. The normalized spacial score (nSPS) is 14.6. The number of likely N-dealkylation sites (tertiary alicyclic amines) is 1. The van der Waals surface area contributed by atoms with Gasteiger partial charge in [-0.2, -0.15) is 0 Å². The van der Waals surface area contributed by atoms with Crippen LogP contribution in [0.4, 0.5) is 0 Å². The van der Waals surface area contributed by atoms with Crippen LogP contribution in [0.1, 0.15) is 22.7 Å². The van der Waals surface area contributed by atoms with Crippen molar-refractivity contribution in [2.75, 3.05) is 18.4 Å². The largest absolute Gasteiger partial charge is 0.332 e. The van der Waals surface area contributed by atoms with Crippen LogP contribution in [-0.2, 0) is 11.3 Å². The third-order valence-corrected chi connectivity index (χ3v) is 6.04. The zero-order chi connectivity index (χ0) is 20.1. The maximum Gasteiger partial charge on any atom is 0.233 e. The first kappa shape index (κ1) is 19.9. The second-order valence-electron chi connectivity index (χ2n) is 7.47. The van der Waals surface area contributed by atoms with Gasteiger partial charge in [0.25, 0.3) is 0 Å². The summed E-state index contributed by atoms with van der Waals surface area (Å²) in [6, 6.07) is 31.9. The average Bonchev–Trinajstić information content (AvgIpc) is 2.76. The van der Waals surface area contributed by atoms with Crippen LogP contribution < -0.4 is 0 Å². The van der Waals surface area contributed by atoms with Crippen LogP contribution in [0.3, 0.4) is 0 Å². The van der Waals surface area contributed by atoms with E-state index in [1.165, 1.54) is 16.7 Å². The van der Waals surface area contributed by atoms with Gasteiger partial charge in [0, 0.05) is 19.6 Å². The van der Waals surface area contributed by atoms with Gasteiger partial charge in [-0.25, -0.2) is 0 Å². The molecule has 0 saturated carbocycles. The Hall–Kier alpha value is -2.43. The molecule has 3 nitrogen and oxygen atoms in total. The number of hydrogen-bond acceptors (Lipinski definition) is 2. The molecule has 0 aliphatic carbocycles. The van der Waals surface area contributed by atoms with Gasteiger partial charge >= 0.3 is 0 Å². The molecule has 1 aliphatic rings. The SMILES string of the molecule is O=C(CBr)N(Cc1ccccc1)C1CN(C(c2ccccc2)c2ccccc2)C1. The van der Waals surface area contributed by atoms with E-state index in [9.17, 15) is 4.79 Å². The van der Waals surface area contributed by atoms with E-state index in [4.69, 9.17) is 0 Å². The molecule has 1 saturated heterocycles. The van der Waals surface area contributed by atoms with Gasteiger partial charge in [-0.1, -0.05) is 107 Å². The monoisotopic (exact) mass is 448 g/mol. The summed E-state index contributed by atoms with van der Waals surface area (Å²) in [6.45, 7) is 2.41. The molecule has 0 bridgehead atoms. The second-order valence-corrected chi connectivity index (χ2v) is 8.03. The van der Waals surface area contributed by atoms with Crippen LogP contribution in [0.2, 0.25) is 0 Å². The maximum atomic E-state index is 12.6. The first-order chi connectivity index (χ1) is 14.3. The summed E-state index contributed by atoms with van der Waals surface area (Å²) in [6.07, 6.45) is 0. The van der Waals surface area contributed by atoms with Crippen molar-refractivity contribution in [1.82, 2.24) is 9.80 Å². The van der Waals surface area contributed by atoms with Gasteiger partial charge in [0.15, 0.2) is 0 Å². The maximum absolute atomic E-state index is 12.6. The molecule has 29 heavy (non-hydrogen) atoms. The lowest BCUT2D eigenvalue weighted by Crippen LogP contribution is -2.61. The van der Waals surface area contributed by atoms with Crippen molar-refractivity contribution in [2.45, 2.75) is 18.6 Å². The molecular weight excluding hydrogens is 424 g/mol. The molecular formula is C25H25BrN2O. The van der Waals surface area contributed by atoms with Crippen molar-refractivity contribution in [2.24, 2.45) is 0 Å². The van der Waals surface area contributed by atoms with Crippen LogP contribution in [0.15, 0.2) is 91.0 Å². The number of halogens is 1. The van der Waals surface area contributed by atoms with Gasteiger partial charge in [0.05, 0.1) is 17.4 Å². The molecule has 1 fully saturated rings. The minimum absolute atomic E-state index is 0.148. The van der Waals surface area contributed by atoms with Gasteiger partial charge in [-0.15, -0.1) is 0 Å². The fraction of sp³-hybridized carbons (Fsp3) is 0.240.